The molecule has 0 bridgehead atoms. The number of methoxy groups -OCH3 is 1. The lowest BCUT2D eigenvalue weighted by molar-refractivity contribution is 0.0902. The van der Waals surface area contributed by atoms with E-state index in [1.165, 1.54) is 7.11 Å². The zero-order chi connectivity index (χ0) is 18.5. The fourth-order valence-corrected chi connectivity index (χ4v) is 2.97. The summed E-state index contributed by atoms with van der Waals surface area (Å²) in [6, 6.07) is 6.32. The van der Waals surface area contributed by atoms with Crippen molar-refractivity contribution >= 4 is 23.3 Å². The summed E-state index contributed by atoms with van der Waals surface area (Å²) >= 11 is 1.66. The maximum atomic E-state index is 12.6. The van der Waals surface area contributed by atoms with Crippen LogP contribution >= 0.6 is 11.8 Å². The number of carbonyl (C=O) groups excluding carboxylic acids is 1. The number of fused-ring (bicyclic) bond motifs is 1. The van der Waals surface area contributed by atoms with E-state index in [2.05, 4.69) is 15.5 Å². The van der Waals surface area contributed by atoms with Gasteiger partial charge in [-0.3, -0.25) is 14.0 Å². The molecule has 3 aromatic heterocycles. The molecule has 0 aromatic carbocycles. The molecule has 0 spiro atoms. The first-order chi connectivity index (χ1) is 12.6. The Morgan fingerprint density at radius 3 is 3.00 bits per heavy atom. The largest absolute Gasteiger partial charge is 0.490 e. The van der Waals surface area contributed by atoms with Crippen molar-refractivity contribution in [2.45, 2.75) is 12.5 Å². The molecule has 3 aromatic rings. The van der Waals surface area contributed by atoms with Crippen LogP contribution in [-0.2, 0) is 0 Å². The summed E-state index contributed by atoms with van der Waals surface area (Å²) in [7, 11) is 1.36. The van der Waals surface area contributed by atoms with Gasteiger partial charge in [0, 0.05) is 12.3 Å². The van der Waals surface area contributed by atoms with E-state index in [0.29, 0.717) is 17.9 Å². The van der Waals surface area contributed by atoms with Gasteiger partial charge in [-0.15, -0.1) is 10.2 Å². The number of aromatic nitrogens is 3. The molecule has 1 atom stereocenters. The van der Waals surface area contributed by atoms with Crippen LogP contribution in [0.15, 0.2) is 45.9 Å². The summed E-state index contributed by atoms with van der Waals surface area (Å²) in [5.41, 5.74) is 0.277. The van der Waals surface area contributed by atoms with Crippen molar-refractivity contribution in [1.82, 2.24) is 19.9 Å². The number of amides is 1. The number of nitrogens with one attached hydrogen (secondary N) is 1. The van der Waals surface area contributed by atoms with Gasteiger partial charge in [-0.25, -0.2) is 0 Å². The fourth-order valence-electron chi connectivity index (χ4n) is 2.50. The number of nitrogens with zero attached hydrogens (tertiary/aromatic N) is 3. The Labute approximate surface area is 153 Å². The molecule has 1 amide bonds. The zero-order valence-electron chi connectivity index (χ0n) is 14.3. The highest BCUT2D eigenvalue weighted by Crippen LogP contribution is 2.19. The van der Waals surface area contributed by atoms with Gasteiger partial charge in [0.15, 0.2) is 17.2 Å². The maximum absolute atomic E-state index is 12.6. The van der Waals surface area contributed by atoms with Gasteiger partial charge in [0.1, 0.15) is 6.26 Å². The highest BCUT2D eigenvalue weighted by molar-refractivity contribution is 7.98. The minimum absolute atomic E-state index is 0.0453. The van der Waals surface area contributed by atoms with Crippen molar-refractivity contribution in [2.24, 2.45) is 0 Å². The second kappa shape index (κ2) is 8.05. The normalized spacial score (nSPS) is 12.1. The zero-order valence-corrected chi connectivity index (χ0v) is 15.2. The SMILES string of the molecule is COc1coc(C(=O)N[C@@H](CCSC)c2nnc3ccccn23)cc1=O. The second-order valence-electron chi connectivity index (χ2n) is 5.47. The molecule has 0 saturated heterocycles. The van der Waals surface area contributed by atoms with E-state index in [1.807, 2.05) is 35.1 Å². The van der Waals surface area contributed by atoms with Crippen molar-refractivity contribution in [2.75, 3.05) is 19.1 Å². The average Bonchev–Trinajstić information content (AvgIpc) is 3.09. The van der Waals surface area contributed by atoms with Crippen molar-refractivity contribution < 1.29 is 13.9 Å². The summed E-state index contributed by atoms with van der Waals surface area (Å²) in [5, 5.41) is 11.2. The van der Waals surface area contributed by atoms with Crippen molar-refractivity contribution in [1.29, 1.82) is 0 Å². The van der Waals surface area contributed by atoms with Gasteiger partial charge in [0.05, 0.1) is 13.2 Å². The van der Waals surface area contributed by atoms with E-state index in [4.69, 9.17) is 9.15 Å². The first-order valence-electron chi connectivity index (χ1n) is 7.90. The predicted molar refractivity (Wildman–Crippen MR) is 97.7 cm³/mol. The number of ether oxygens (including phenoxy) is 1. The Morgan fingerprint density at radius 1 is 1.42 bits per heavy atom. The molecule has 0 fully saturated rings. The van der Waals surface area contributed by atoms with Crippen LogP contribution in [0.3, 0.4) is 0 Å². The van der Waals surface area contributed by atoms with E-state index >= 15 is 0 Å². The maximum Gasteiger partial charge on any atom is 0.287 e. The topological polar surface area (TPSA) is 98.7 Å². The molecule has 0 saturated carbocycles. The molecule has 0 aliphatic rings. The lowest BCUT2D eigenvalue weighted by atomic mass is 10.2. The fraction of sp³-hybridized carbons (Fsp3) is 0.294. The van der Waals surface area contributed by atoms with Gasteiger partial charge in [-0.2, -0.15) is 11.8 Å². The standard InChI is InChI=1S/C17H18N4O4S/c1-24-14-10-25-13(9-12(14)22)17(23)18-11(6-8-26-2)16-20-19-15-5-3-4-7-21(15)16/h3-5,7,9-11H,6,8H2,1-2H3,(H,18,23)/t11-/m0/s1. The van der Waals surface area contributed by atoms with Crippen LogP contribution in [0, 0.1) is 0 Å². The minimum atomic E-state index is -0.497. The van der Waals surface area contributed by atoms with E-state index in [9.17, 15) is 9.59 Å². The Balaban J connectivity index is 1.87. The van der Waals surface area contributed by atoms with Crippen LogP contribution in [-0.4, -0.2) is 39.6 Å². The molecule has 3 heterocycles. The van der Waals surface area contributed by atoms with Crippen molar-refractivity contribution in [3.05, 3.63) is 58.5 Å². The number of rotatable bonds is 7. The van der Waals surface area contributed by atoms with E-state index in [1.54, 1.807) is 11.8 Å². The summed E-state index contributed by atoms with van der Waals surface area (Å²) in [4.78, 5) is 24.4. The Hall–Kier alpha value is -2.81. The van der Waals surface area contributed by atoms with Crippen molar-refractivity contribution in [3.8, 4) is 5.75 Å². The number of hydrogen-bond acceptors (Lipinski definition) is 7. The summed E-state index contributed by atoms with van der Waals surface area (Å²) in [6.45, 7) is 0. The van der Waals surface area contributed by atoms with Gasteiger partial charge in [-0.05, 0) is 30.6 Å². The Kier molecular flexibility index (Phi) is 5.57. The minimum Gasteiger partial charge on any atom is -0.490 e. The molecule has 0 aliphatic heterocycles. The third-order valence-corrected chi connectivity index (χ3v) is 4.45. The third kappa shape index (κ3) is 3.72. The lowest BCUT2D eigenvalue weighted by Gasteiger charge is -2.16. The van der Waals surface area contributed by atoms with Gasteiger partial charge in [0.2, 0.25) is 11.2 Å². The molecule has 0 unspecified atom stereocenters. The van der Waals surface area contributed by atoms with Gasteiger partial charge in [0.25, 0.3) is 5.91 Å². The quantitative estimate of drug-likeness (QED) is 0.674. The molecule has 0 radical (unpaired) electrons. The molecule has 136 valence electrons. The number of carbonyl (C=O) groups is 1. The van der Waals surface area contributed by atoms with E-state index in [-0.39, 0.29) is 17.6 Å². The van der Waals surface area contributed by atoms with Crippen LogP contribution in [0.5, 0.6) is 5.75 Å². The first kappa shape index (κ1) is 18.0. The molecule has 1 N–H and O–H groups in total. The van der Waals surface area contributed by atoms with Crippen LogP contribution in [0.1, 0.15) is 28.8 Å². The monoisotopic (exact) mass is 374 g/mol. The van der Waals surface area contributed by atoms with Gasteiger partial charge in [-0.1, -0.05) is 6.07 Å². The van der Waals surface area contributed by atoms with Crippen LogP contribution in [0.25, 0.3) is 5.65 Å². The molecular weight excluding hydrogens is 356 g/mol. The lowest BCUT2D eigenvalue weighted by Crippen LogP contribution is -2.31. The Morgan fingerprint density at radius 2 is 2.27 bits per heavy atom. The summed E-state index contributed by atoms with van der Waals surface area (Å²) in [5.74, 6) is 0.907. The molecule has 8 nitrogen and oxygen atoms in total. The van der Waals surface area contributed by atoms with Crippen LogP contribution in [0.2, 0.25) is 0 Å². The first-order valence-corrected chi connectivity index (χ1v) is 9.29. The highest BCUT2D eigenvalue weighted by Gasteiger charge is 2.22. The number of thioether (sulfide) groups is 1. The van der Waals surface area contributed by atoms with Crippen LogP contribution < -0.4 is 15.5 Å². The highest BCUT2D eigenvalue weighted by atomic mass is 32.2. The number of pyridine rings is 1. The molecular formula is C17H18N4O4S. The van der Waals surface area contributed by atoms with Crippen molar-refractivity contribution in [3.63, 3.8) is 0 Å². The molecule has 9 heteroatoms. The van der Waals surface area contributed by atoms with E-state index < -0.39 is 11.3 Å². The van der Waals surface area contributed by atoms with Gasteiger partial charge < -0.3 is 14.5 Å². The third-order valence-electron chi connectivity index (χ3n) is 3.81. The number of hydrogen-bond donors (Lipinski definition) is 1. The smallest absolute Gasteiger partial charge is 0.287 e. The molecule has 0 aliphatic carbocycles. The average molecular weight is 374 g/mol. The predicted octanol–water partition coefficient (Wildman–Crippen LogP) is 1.92. The molecule has 26 heavy (non-hydrogen) atoms. The molecule has 3 rings (SSSR count). The summed E-state index contributed by atoms with van der Waals surface area (Å²) in [6.07, 6.45) is 5.61. The Bertz CT molecular complexity index is 969. The van der Waals surface area contributed by atoms with E-state index in [0.717, 1.165) is 18.1 Å². The van der Waals surface area contributed by atoms with Gasteiger partial charge >= 0.3 is 0 Å². The second-order valence-corrected chi connectivity index (χ2v) is 6.46. The van der Waals surface area contributed by atoms with Crippen LogP contribution in [0.4, 0.5) is 0 Å². The summed E-state index contributed by atoms with van der Waals surface area (Å²) < 4.78 is 11.9.